The minimum Gasteiger partial charge on any atom is -0.359 e. The molecule has 0 spiro atoms. The Morgan fingerprint density at radius 1 is 1.13 bits per heavy atom. The summed E-state index contributed by atoms with van der Waals surface area (Å²) >= 11 is 1.86. The van der Waals surface area contributed by atoms with Crippen LogP contribution in [0.2, 0.25) is 0 Å². The highest BCUT2D eigenvalue weighted by molar-refractivity contribution is 7.18. The van der Waals surface area contributed by atoms with Crippen molar-refractivity contribution < 1.29 is 4.57 Å². The lowest BCUT2D eigenvalue weighted by molar-refractivity contribution is -0.665. The van der Waals surface area contributed by atoms with Crippen LogP contribution in [0.4, 0.5) is 5.69 Å². The highest BCUT2D eigenvalue weighted by atomic mass is 32.1. The van der Waals surface area contributed by atoms with Gasteiger partial charge in [-0.15, -0.1) is 0 Å². The lowest BCUT2D eigenvalue weighted by Crippen LogP contribution is -2.33. The van der Waals surface area contributed by atoms with Crippen molar-refractivity contribution in [2.45, 2.75) is 33.7 Å². The first-order chi connectivity index (χ1) is 11.2. The topological polar surface area (TPSA) is 15.9 Å². The standard InChI is InChI=1S/C20H22N2S/c1-4-16(21-17-9-7-6-8-10-17)14-20-22(5-2)18-12-11-15(3)13-19(18)23-20/h6-14H,4-5H2,1-3H3/p+1. The molecule has 0 bridgehead atoms. The maximum atomic E-state index is 3.54. The summed E-state index contributed by atoms with van der Waals surface area (Å²) in [5.41, 5.74) is 5.02. The zero-order chi connectivity index (χ0) is 16.2. The van der Waals surface area contributed by atoms with E-state index in [4.69, 9.17) is 0 Å². The fraction of sp³-hybridized carbons (Fsp3) is 0.250. The molecule has 1 N–H and O–H groups in total. The number of allylic oxidation sites excluding steroid dienone is 1. The van der Waals surface area contributed by atoms with Gasteiger partial charge in [0.2, 0.25) is 5.52 Å². The summed E-state index contributed by atoms with van der Waals surface area (Å²) in [4.78, 5) is 0. The van der Waals surface area contributed by atoms with Crippen molar-refractivity contribution in [1.82, 2.24) is 0 Å². The van der Waals surface area contributed by atoms with Crippen molar-refractivity contribution in [2.75, 3.05) is 5.32 Å². The van der Waals surface area contributed by atoms with Crippen LogP contribution in [0, 0.1) is 6.92 Å². The minimum atomic E-state index is 0.978. The van der Waals surface area contributed by atoms with Crippen LogP contribution in [0.5, 0.6) is 0 Å². The van der Waals surface area contributed by atoms with E-state index in [1.165, 1.54) is 26.5 Å². The Hall–Kier alpha value is -2.13. The molecular weight excluding hydrogens is 300 g/mol. The van der Waals surface area contributed by atoms with Gasteiger partial charge in [0.25, 0.3) is 5.01 Å². The zero-order valence-electron chi connectivity index (χ0n) is 14.0. The largest absolute Gasteiger partial charge is 0.359 e. The molecule has 0 aliphatic carbocycles. The van der Waals surface area contributed by atoms with E-state index < -0.39 is 0 Å². The third-order valence-corrected chi connectivity index (χ3v) is 5.05. The number of hydrogen-bond donors (Lipinski definition) is 1. The van der Waals surface area contributed by atoms with Gasteiger partial charge in [0.15, 0.2) is 0 Å². The van der Waals surface area contributed by atoms with E-state index in [1.807, 2.05) is 17.4 Å². The fourth-order valence-electron chi connectivity index (χ4n) is 2.73. The first kappa shape index (κ1) is 15.8. The summed E-state index contributed by atoms with van der Waals surface area (Å²) in [7, 11) is 0. The normalized spacial score (nSPS) is 11.9. The van der Waals surface area contributed by atoms with E-state index in [9.17, 15) is 0 Å². The van der Waals surface area contributed by atoms with Gasteiger partial charge >= 0.3 is 0 Å². The predicted molar refractivity (Wildman–Crippen MR) is 101 cm³/mol. The molecule has 0 unspecified atom stereocenters. The van der Waals surface area contributed by atoms with Gasteiger partial charge in [-0.3, -0.25) is 0 Å². The summed E-state index contributed by atoms with van der Waals surface area (Å²) in [6.07, 6.45) is 3.27. The molecule has 2 aromatic carbocycles. The minimum absolute atomic E-state index is 0.978. The lowest BCUT2D eigenvalue weighted by atomic mass is 10.2. The van der Waals surface area contributed by atoms with E-state index in [1.54, 1.807) is 0 Å². The van der Waals surface area contributed by atoms with Gasteiger partial charge in [0, 0.05) is 23.5 Å². The molecule has 0 atom stereocenters. The zero-order valence-corrected chi connectivity index (χ0v) is 14.8. The second kappa shape index (κ2) is 6.97. The van der Waals surface area contributed by atoms with Gasteiger partial charge in [0.1, 0.15) is 11.2 Å². The number of thiazole rings is 1. The molecule has 3 aromatic rings. The van der Waals surface area contributed by atoms with Crippen molar-refractivity contribution in [2.24, 2.45) is 0 Å². The smallest absolute Gasteiger partial charge is 0.264 e. The van der Waals surface area contributed by atoms with Gasteiger partial charge in [-0.25, -0.2) is 0 Å². The molecule has 0 fully saturated rings. The molecule has 1 heterocycles. The number of aryl methyl sites for hydroxylation is 2. The Kier molecular flexibility index (Phi) is 4.77. The van der Waals surface area contributed by atoms with Crippen LogP contribution >= 0.6 is 11.3 Å². The number of fused-ring (bicyclic) bond motifs is 1. The number of anilines is 1. The maximum Gasteiger partial charge on any atom is 0.264 e. The van der Waals surface area contributed by atoms with Crippen molar-refractivity contribution >= 4 is 33.3 Å². The SMILES string of the molecule is CCC(=Cc1sc2cc(C)ccc2[n+]1CC)Nc1ccccc1. The van der Waals surface area contributed by atoms with Crippen LogP contribution in [0.15, 0.2) is 54.2 Å². The van der Waals surface area contributed by atoms with E-state index in [2.05, 4.69) is 79.2 Å². The summed E-state index contributed by atoms with van der Waals surface area (Å²) in [5.74, 6) is 0. The second-order valence-corrected chi connectivity index (χ2v) is 6.73. The molecule has 0 saturated carbocycles. The molecule has 0 saturated heterocycles. The first-order valence-electron chi connectivity index (χ1n) is 8.17. The van der Waals surface area contributed by atoms with Gasteiger partial charge in [0.05, 0.1) is 0 Å². The molecule has 1 aromatic heterocycles. The van der Waals surface area contributed by atoms with Gasteiger partial charge in [-0.05, 0) is 44.0 Å². The average molecular weight is 323 g/mol. The summed E-state index contributed by atoms with van der Waals surface area (Å²) in [5, 5.41) is 4.84. The number of para-hydroxylation sites is 1. The van der Waals surface area contributed by atoms with Crippen molar-refractivity contribution in [3.05, 3.63) is 64.8 Å². The Labute approximate surface area is 142 Å². The summed E-state index contributed by atoms with van der Waals surface area (Å²) < 4.78 is 3.75. The van der Waals surface area contributed by atoms with Crippen LogP contribution in [0.3, 0.4) is 0 Å². The summed E-state index contributed by atoms with van der Waals surface area (Å²) in [6, 6.07) is 17.1. The molecule has 23 heavy (non-hydrogen) atoms. The van der Waals surface area contributed by atoms with E-state index in [0.29, 0.717) is 0 Å². The number of nitrogens with one attached hydrogen (secondary N) is 1. The third-order valence-electron chi connectivity index (χ3n) is 3.96. The second-order valence-electron chi connectivity index (χ2n) is 5.67. The number of rotatable bonds is 5. The van der Waals surface area contributed by atoms with E-state index in [-0.39, 0.29) is 0 Å². The van der Waals surface area contributed by atoms with Gasteiger partial charge < -0.3 is 5.32 Å². The molecule has 3 heteroatoms. The van der Waals surface area contributed by atoms with Crippen LogP contribution in [-0.4, -0.2) is 0 Å². The monoisotopic (exact) mass is 323 g/mol. The molecule has 3 rings (SSSR count). The Balaban J connectivity index is 2.00. The van der Waals surface area contributed by atoms with Crippen LogP contribution in [-0.2, 0) is 6.54 Å². The lowest BCUT2D eigenvalue weighted by Gasteiger charge is -2.07. The molecule has 0 aliphatic rings. The third kappa shape index (κ3) is 3.45. The predicted octanol–water partition coefficient (Wildman–Crippen LogP) is 5.38. The van der Waals surface area contributed by atoms with Crippen molar-refractivity contribution in [3.8, 4) is 0 Å². The number of aromatic nitrogens is 1. The Morgan fingerprint density at radius 3 is 2.61 bits per heavy atom. The van der Waals surface area contributed by atoms with Crippen LogP contribution in [0.1, 0.15) is 30.8 Å². The van der Waals surface area contributed by atoms with Crippen LogP contribution in [0.25, 0.3) is 16.3 Å². The van der Waals surface area contributed by atoms with Crippen molar-refractivity contribution in [3.63, 3.8) is 0 Å². The fourth-order valence-corrected chi connectivity index (χ4v) is 4.02. The number of benzene rings is 2. The van der Waals surface area contributed by atoms with Gasteiger partial charge in [-0.1, -0.05) is 42.5 Å². The van der Waals surface area contributed by atoms with Crippen LogP contribution < -0.4 is 9.88 Å². The van der Waals surface area contributed by atoms with E-state index in [0.717, 1.165) is 18.7 Å². The Morgan fingerprint density at radius 2 is 1.91 bits per heavy atom. The Bertz CT molecular complexity index is 831. The maximum absolute atomic E-state index is 3.54. The van der Waals surface area contributed by atoms with Gasteiger partial charge in [-0.2, -0.15) is 4.57 Å². The van der Waals surface area contributed by atoms with Crippen molar-refractivity contribution in [1.29, 1.82) is 0 Å². The molecule has 0 radical (unpaired) electrons. The molecule has 2 nitrogen and oxygen atoms in total. The first-order valence-corrected chi connectivity index (χ1v) is 8.98. The highest BCUT2D eigenvalue weighted by Crippen LogP contribution is 2.24. The molecule has 0 aliphatic heterocycles. The van der Waals surface area contributed by atoms with E-state index >= 15 is 0 Å². The highest BCUT2D eigenvalue weighted by Gasteiger charge is 2.17. The summed E-state index contributed by atoms with van der Waals surface area (Å²) in [6.45, 7) is 7.53. The molecule has 0 amide bonds. The average Bonchev–Trinajstić information content (AvgIpc) is 2.91. The molecular formula is C20H23N2S+. The quantitative estimate of drug-likeness (QED) is 0.623. The number of hydrogen-bond acceptors (Lipinski definition) is 2. The molecule has 118 valence electrons. The number of nitrogens with zero attached hydrogens (tertiary/aromatic N) is 1.